The first-order valence-electron chi connectivity index (χ1n) is 19.9. The Hall–Kier alpha value is -4.19. The van der Waals surface area contributed by atoms with Crippen LogP contribution in [0.2, 0.25) is 0 Å². The van der Waals surface area contributed by atoms with Crippen LogP contribution in [0.25, 0.3) is 0 Å². The van der Waals surface area contributed by atoms with Crippen molar-refractivity contribution in [2.75, 3.05) is 49.2 Å². The third kappa shape index (κ3) is 5.88. The molecule has 1 atom stereocenters. The summed E-state index contributed by atoms with van der Waals surface area (Å²) in [5.74, 6) is 7.95. The number of hydrogen-bond donors (Lipinski definition) is 0. The van der Waals surface area contributed by atoms with Crippen LogP contribution in [0, 0.1) is 22.7 Å². The Labute approximate surface area is 339 Å². The minimum Gasteiger partial charge on any atom is -0.480 e. The van der Waals surface area contributed by atoms with Crippen LogP contribution >= 0.6 is 0 Å². The fourth-order valence-corrected chi connectivity index (χ4v) is 12.6. The molecule has 2 aromatic carbocycles. The number of nitrogens with zero attached hydrogens (tertiary/aromatic N) is 5. The lowest BCUT2D eigenvalue weighted by molar-refractivity contribution is -0.100. The molecule has 0 bridgehead atoms. The quantitative estimate of drug-likeness (QED) is 0.391. The van der Waals surface area contributed by atoms with Crippen molar-refractivity contribution >= 4 is 33.2 Å². The molecule has 0 amide bonds. The summed E-state index contributed by atoms with van der Waals surface area (Å²) >= 11 is 0. The maximum absolute atomic E-state index is 12.6. The van der Waals surface area contributed by atoms with Crippen molar-refractivity contribution in [2.45, 2.75) is 109 Å². The zero-order chi connectivity index (χ0) is 40.4. The first kappa shape index (κ1) is 38.3. The number of rotatable bonds is 4. The zero-order valence-corrected chi connectivity index (χ0v) is 35.8. The molecule has 0 aromatic heterocycles. The maximum atomic E-state index is 12.6. The van der Waals surface area contributed by atoms with Gasteiger partial charge < -0.3 is 18.9 Å². The van der Waals surface area contributed by atoms with Gasteiger partial charge in [0.2, 0.25) is 11.3 Å². The molecule has 5 aliphatic heterocycles. The summed E-state index contributed by atoms with van der Waals surface area (Å²) in [6.45, 7) is 21.6. The van der Waals surface area contributed by atoms with Crippen LogP contribution in [0.3, 0.4) is 0 Å². The van der Waals surface area contributed by atoms with Gasteiger partial charge in [0.1, 0.15) is 17.3 Å². The van der Waals surface area contributed by atoms with Gasteiger partial charge in [-0.05, 0) is 90.4 Å². The molecule has 9 rings (SSSR count). The van der Waals surface area contributed by atoms with Gasteiger partial charge >= 0.3 is 11.6 Å². The van der Waals surface area contributed by atoms with E-state index in [2.05, 4.69) is 100.0 Å². The smallest absolute Gasteiger partial charge is 0.462 e. The Morgan fingerprint density at radius 3 is 1.74 bits per heavy atom. The molecule has 11 nitrogen and oxygen atoms in total. The Morgan fingerprint density at radius 2 is 1.21 bits per heavy atom. The average Bonchev–Trinajstić information content (AvgIpc) is 3.51. The minimum atomic E-state index is -0.867. The largest absolute Gasteiger partial charge is 0.480 e. The Balaban J connectivity index is 1.32. The predicted octanol–water partition coefficient (Wildman–Crippen LogP) is 4.94. The molecule has 13 heteroatoms. The topological polar surface area (TPSA) is 139 Å². The van der Waals surface area contributed by atoms with Crippen LogP contribution in [0.5, 0.6) is 23.0 Å². The van der Waals surface area contributed by atoms with Crippen LogP contribution in [-0.2, 0) is 50.9 Å². The van der Waals surface area contributed by atoms with Gasteiger partial charge in [0, 0.05) is 100 Å². The summed E-state index contributed by atoms with van der Waals surface area (Å²) < 4.78 is 56.8. The van der Waals surface area contributed by atoms with Crippen LogP contribution in [0.15, 0.2) is 29.2 Å². The SMILES string of the molecule is CC1(C)CC2(CC(C)(C)c3cc4c(c(CN5CCS(=O)CC5)c32)OC(C)(C)C(C)(C)O4)c2c1cc1c(c2CN2CCS(=O)CC2)OC2=C(O1)C(C#N)=C=[N+]=C2C#N. The highest BCUT2D eigenvalue weighted by Gasteiger charge is 2.61. The monoisotopic (exact) mass is 808 g/mol. The molecule has 1 unspecified atom stereocenters. The molecule has 0 N–H and O–H groups in total. The Bertz CT molecular complexity index is 2440. The normalized spacial score (nSPS) is 26.6. The molecule has 7 aliphatic rings. The van der Waals surface area contributed by atoms with E-state index in [-0.39, 0.29) is 33.6 Å². The fraction of sp³-hybridized carbons (Fsp3) is 0.568. The van der Waals surface area contributed by atoms with Crippen LogP contribution in [-0.4, -0.2) is 90.2 Å². The van der Waals surface area contributed by atoms with Gasteiger partial charge in [-0.1, -0.05) is 27.7 Å². The molecule has 2 aromatic rings. The summed E-state index contributed by atoms with van der Waals surface area (Å²) in [6.07, 6.45) is 1.64. The molecule has 2 fully saturated rings. The van der Waals surface area contributed by atoms with E-state index in [4.69, 9.17) is 18.9 Å². The maximum Gasteiger partial charge on any atom is 0.462 e. The summed E-state index contributed by atoms with van der Waals surface area (Å²) in [5, 5.41) is 20.1. The van der Waals surface area contributed by atoms with E-state index in [1.54, 1.807) is 0 Å². The Morgan fingerprint density at radius 1 is 0.702 bits per heavy atom. The van der Waals surface area contributed by atoms with Crippen molar-refractivity contribution in [1.82, 2.24) is 14.5 Å². The third-order valence-electron chi connectivity index (χ3n) is 13.6. The van der Waals surface area contributed by atoms with Crippen molar-refractivity contribution in [3.05, 3.63) is 62.6 Å². The number of allylic oxidation sites excluding steroid dienone is 2. The molecule has 298 valence electrons. The van der Waals surface area contributed by atoms with E-state index < -0.39 is 38.2 Å². The average molecular weight is 809 g/mol. The molecule has 5 heterocycles. The van der Waals surface area contributed by atoms with E-state index in [1.807, 2.05) is 0 Å². The highest BCUT2D eigenvalue weighted by molar-refractivity contribution is 7.85. The molecule has 1 spiro atoms. The number of fused-ring (bicyclic) bond motifs is 6. The van der Waals surface area contributed by atoms with Crippen molar-refractivity contribution in [1.29, 1.82) is 10.5 Å². The lowest BCUT2D eigenvalue weighted by atomic mass is 9.70. The zero-order valence-electron chi connectivity index (χ0n) is 34.1. The number of ether oxygens (including phenoxy) is 4. The van der Waals surface area contributed by atoms with E-state index in [0.29, 0.717) is 60.7 Å². The second-order valence-corrected chi connectivity index (χ2v) is 22.3. The highest BCUT2D eigenvalue weighted by atomic mass is 32.2. The fourth-order valence-electron chi connectivity index (χ4n) is 10.3. The summed E-state index contributed by atoms with van der Waals surface area (Å²) in [5.41, 5.74) is 4.71. The van der Waals surface area contributed by atoms with Crippen LogP contribution in [0.4, 0.5) is 0 Å². The van der Waals surface area contributed by atoms with Crippen molar-refractivity contribution in [3.63, 3.8) is 0 Å². The van der Waals surface area contributed by atoms with Crippen molar-refractivity contribution in [2.24, 2.45) is 0 Å². The Kier molecular flexibility index (Phi) is 8.68. The number of benzene rings is 2. The first-order chi connectivity index (χ1) is 26.9. The van der Waals surface area contributed by atoms with E-state index in [1.165, 1.54) is 16.7 Å². The van der Waals surface area contributed by atoms with E-state index >= 15 is 0 Å². The number of hydrogen-bond acceptors (Lipinski definition) is 10. The van der Waals surface area contributed by atoms with E-state index in [9.17, 15) is 18.9 Å². The molecule has 2 aliphatic carbocycles. The molecular weight excluding hydrogens is 759 g/mol. The lowest BCUT2D eigenvalue weighted by Gasteiger charge is -2.47. The van der Waals surface area contributed by atoms with Gasteiger partial charge in [0.05, 0.1) is 0 Å². The number of nitriles is 2. The van der Waals surface area contributed by atoms with Gasteiger partial charge in [-0.15, -0.1) is 0 Å². The predicted molar refractivity (Wildman–Crippen MR) is 220 cm³/mol. The van der Waals surface area contributed by atoms with Gasteiger partial charge in [0.15, 0.2) is 29.1 Å². The van der Waals surface area contributed by atoms with Crippen molar-refractivity contribution < 1.29 is 27.4 Å². The van der Waals surface area contributed by atoms with Gasteiger partial charge in [-0.2, -0.15) is 10.5 Å². The van der Waals surface area contributed by atoms with Crippen molar-refractivity contribution in [3.8, 4) is 35.1 Å². The second kappa shape index (κ2) is 12.9. The first-order valence-corrected chi connectivity index (χ1v) is 22.9. The summed E-state index contributed by atoms with van der Waals surface area (Å²) in [6, 6.07) is 8.58. The second-order valence-electron chi connectivity index (χ2n) is 18.9. The molecule has 2 saturated heterocycles. The van der Waals surface area contributed by atoms with Gasteiger partial charge in [0.25, 0.3) is 5.76 Å². The lowest BCUT2D eigenvalue weighted by Crippen LogP contribution is -2.56. The molecule has 57 heavy (non-hydrogen) atoms. The van der Waals surface area contributed by atoms with E-state index in [0.717, 1.165) is 54.1 Å². The molecule has 0 radical (unpaired) electrons. The minimum absolute atomic E-state index is 0.00378. The summed E-state index contributed by atoms with van der Waals surface area (Å²) in [7, 11) is -1.69. The summed E-state index contributed by atoms with van der Waals surface area (Å²) in [4.78, 5) is 4.77. The van der Waals surface area contributed by atoms with Crippen LogP contribution < -0.4 is 23.6 Å². The van der Waals surface area contributed by atoms with Crippen LogP contribution in [0.1, 0.15) is 102 Å². The van der Waals surface area contributed by atoms with Gasteiger partial charge in [-0.25, -0.2) is 0 Å². The standard InChI is InChI=1S/C44H50N5O6S2/c1-40(2)24-44(25-41(3,4)30-18-33-38(55-43(7,8)42(5,6)54-33)28(35(30)44)23-49-11-15-57(51)16-12-49)34-27(22-48-9-13-56(50)14-10-48)37-32(17-29(34)40)52-36-26(19-45)21-47-31(20-46)39(36)53-37/h17-18H,9-16,22-25H2,1-8H3/q+1. The molecule has 0 saturated carbocycles. The third-order valence-corrected chi connectivity index (χ3v) is 16.2. The van der Waals surface area contributed by atoms with Gasteiger partial charge in [-0.3, -0.25) is 18.2 Å². The highest BCUT2D eigenvalue weighted by Crippen LogP contribution is 2.68. The molecular formula is C44H50N5O6S2+.